The molecule has 130 valence electrons. The Bertz CT molecular complexity index is 537. The fourth-order valence-electron chi connectivity index (χ4n) is 4.23. The van der Waals surface area contributed by atoms with Crippen LogP contribution < -0.4 is 15.0 Å². The molecule has 1 N–H and O–H groups in total. The molecule has 23 heavy (non-hydrogen) atoms. The molecule has 0 saturated heterocycles. The Morgan fingerprint density at radius 3 is 2.61 bits per heavy atom. The average Bonchev–Trinajstić information content (AvgIpc) is 2.46. The van der Waals surface area contributed by atoms with Crippen molar-refractivity contribution in [3.8, 4) is 5.75 Å². The molecule has 3 nitrogen and oxygen atoms in total. The number of fused-ring (bicyclic) bond motifs is 1. The molecule has 2 rings (SSSR count). The lowest BCUT2D eigenvalue weighted by molar-refractivity contribution is 0.353. The maximum atomic E-state index is 5.71. The van der Waals surface area contributed by atoms with E-state index >= 15 is 0 Å². The molecule has 1 aromatic rings. The second kappa shape index (κ2) is 7.12. The summed E-state index contributed by atoms with van der Waals surface area (Å²) in [6.07, 6.45) is 2.34. The molecule has 0 bridgehead atoms. The fraction of sp³-hybridized carbons (Fsp3) is 0.700. The van der Waals surface area contributed by atoms with Gasteiger partial charge in [-0.05, 0) is 64.6 Å². The van der Waals surface area contributed by atoms with Crippen LogP contribution in [0.2, 0.25) is 0 Å². The van der Waals surface area contributed by atoms with Gasteiger partial charge in [0.15, 0.2) is 0 Å². The van der Waals surface area contributed by atoms with E-state index in [2.05, 4.69) is 63.9 Å². The largest absolute Gasteiger partial charge is 0.496 e. The van der Waals surface area contributed by atoms with Gasteiger partial charge in [0, 0.05) is 35.4 Å². The molecule has 0 unspecified atom stereocenters. The van der Waals surface area contributed by atoms with Gasteiger partial charge in [-0.25, -0.2) is 0 Å². The van der Waals surface area contributed by atoms with Crippen molar-refractivity contribution in [2.45, 2.75) is 78.4 Å². The molecular weight excluding hydrogens is 284 g/mol. The van der Waals surface area contributed by atoms with Crippen LogP contribution in [0, 0.1) is 0 Å². The summed E-state index contributed by atoms with van der Waals surface area (Å²) in [5.41, 5.74) is 4.26. The highest BCUT2D eigenvalue weighted by molar-refractivity contribution is 5.65. The van der Waals surface area contributed by atoms with E-state index < -0.39 is 0 Å². The Labute approximate surface area is 142 Å². The average molecular weight is 319 g/mol. The zero-order valence-corrected chi connectivity index (χ0v) is 16.0. The van der Waals surface area contributed by atoms with Crippen LogP contribution in [0.15, 0.2) is 12.1 Å². The van der Waals surface area contributed by atoms with Crippen LogP contribution in [0.4, 0.5) is 5.69 Å². The first-order chi connectivity index (χ1) is 10.8. The predicted octanol–water partition coefficient (Wildman–Crippen LogP) is 4.70. The second-order valence-electron chi connectivity index (χ2n) is 7.78. The summed E-state index contributed by atoms with van der Waals surface area (Å²) >= 11 is 0. The molecule has 0 saturated carbocycles. The highest BCUT2D eigenvalue weighted by Gasteiger charge is 2.38. The Morgan fingerprint density at radius 2 is 2.04 bits per heavy atom. The Morgan fingerprint density at radius 1 is 1.35 bits per heavy atom. The van der Waals surface area contributed by atoms with Crippen molar-refractivity contribution in [3.05, 3.63) is 23.3 Å². The summed E-state index contributed by atoms with van der Waals surface area (Å²) in [5, 5.41) is 3.50. The topological polar surface area (TPSA) is 24.5 Å². The lowest BCUT2D eigenvalue weighted by atomic mass is 9.78. The van der Waals surface area contributed by atoms with Crippen LogP contribution in [0.1, 0.15) is 71.4 Å². The number of methoxy groups -OCH3 is 1. The zero-order chi connectivity index (χ0) is 17.2. The minimum atomic E-state index is 0.174. The van der Waals surface area contributed by atoms with E-state index in [1.165, 1.54) is 23.2 Å². The van der Waals surface area contributed by atoms with Crippen LogP contribution in [0.25, 0.3) is 0 Å². The molecule has 1 aromatic carbocycles. The number of nitrogens with one attached hydrogen (secondary N) is 1. The monoisotopic (exact) mass is 318 g/mol. The molecule has 1 aliphatic heterocycles. The van der Waals surface area contributed by atoms with E-state index in [-0.39, 0.29) is 5.54 Å². The number of hydrogen-bond donors (Lipinski definition) is 1. The Kier molecular flexibility index (Phi) is 5.61. The molecule has 0 radical (unpaired) electrons. The number of hydrogen-bond acceptors (Lipinski definition) is 3. The van der Waals surface area contributed by atoms with E-state index in [4.69, 9.17) is 4.74 Å². The highest BCUT2D eigenvalue weighted by Crippen LogP contribution is 2.46. The molecule has 1 heterocycles. The van der Waals surface area contributed by atoms with Gasteiger partial charge in [0.1, 0.15) is 5.75 Å². The van der Waals surface area contributed by atoms with Gasteiger partial charge in [-0.2, -0.15) is 0 Å². The number of nitrogens with zero attached hydrogens (tertiary/aromatic N) is 1. The number of anilines is 1. The van der Waals surface area contributed by atoms with E-state index in [9.17, 15) is 0 Å². The third-order valence-electron chi connectivity index (χ3n) is 4.94. The first-order valence-electron chi connectivity index (χ1n) is 9.02. The zero-order valence-electron chi connectivity index (χ0n) is 16.0. The molecule has 0 aromatic heterocycles. The Hall–Kier alpha value is -1.22. The summed E-state index contributed by atoms with van der Waals surface area (Å²) in [4.78, 5) is 2.56. The van der Waals surface area contributed by atoms with Gasteiger partial charge < -0.3 is 15.0 Å². The van der Waals surface area contributed by atoms with E-state index in [0.717, 1.165) is 25.3 Å². The Balaban J connectivity index is 2.47. The quantitative estimate of drug-likeness (QED) is 0.770. The second-order valence-corrected chi connectivity index (χ2v) is 7.78. The van der Waals surface area contributed by atoms with Crippen molar-refractivity contribution in [2.75, 3.05) is 18.6 Å². The minimum absolute atomic E-state index is 0.174. The van der Waals surface area contributed by atoms with Crippen molar-refractivity contribution in [1.29, 1.82) is 0 Å². The first-order valence-corrected chi connectivity index (χ1v) is 9.02. The summed E-state index contributed by atoms with van der Waals surface area (Å²) < 4.78 is 5.71. The molecule has 0 aliphatic carbocycles. The fourth-order valence-corrected chi connectivity index (χ4v) is 4.23. The summed E-state index contributed by atoms with van der Waals surface area (Å²) in [6.45, 7) is 15.7. The molecule has 0 fully saturated rings. The van der Waals surface area contributed by atoms with Crippen LogP contribution in [0.3, 0.4) is 0 Å². The van der Waals surface area contributed by atoms with Gasteiger partial charge in [-0.1, -0.05) is 13.8 Å². The lowest BCUT2D eigenvalue weighted by Gasteiger charge is -2.50. The maximum absolute atomic E-state index is 5.71. The van der Waals surface area contributed by atoms with Gasteiger partial charge in [0.25, 0.3) is 0 Å². The molecule has 3 heteroatoms. The van der Waals surface area contributed by atoms with Gasteiger partial charge in [-0.3, -0.25) is 0 Å². The summed E-state index contributed by atoms with van der Waals surface area (Å²) in [5.74, 6) is 1.58. The number of ether oxygens (including phenoxy) is 1. The normalized spacial score (nSPS) is 19.8. The van der Waals surface area contributed by atoms with Gasteiger partial charge in [-0.15, -0.1) is 0 Å². The molecule has 0 amide bonds. The van der Waals surface area contributed by atoms with Crippen molar-refractivity contribution < 1.29 is 4.74 Å². The highest BCUT2D eigenvalue weighted by atomic mass is 16.5. The van der Waals surface area contributed by atoms with Crippen molar-refractivity contribution in [3.63, 3.8) is 0 Å². The molecular formula is C20H34N2O. The van der Waals surface area contributed by atoms with Crippen LogP contribution in [-0.4, -0.2) is 25.2 Å². The van der Waals surface area contributed by atoms with Crippen molar-refractivity contribution in [2.24, 2.45) is 0 Å². The van der Waals surface area contributed by atoms with Crippen molar-refractivity contribution in [1.82, 2.24) is 5.32 Å². The van der Waals surface area contributed by atoms with Crippen molar-refractivity contribution >= 4 is 5.69 Å². The smallest absolute Gasteiger partial charge is 0.125 e. The SMILES string of the molecule is CCCNCc1cc2c(cc1OC)N(C(C)C)C(C)(C)C[C@H]2C. The van der Waals surface area contributed by atoms with Crippen LogP contribution in [-0.2, 0) is 6.54 Å². The van der Waals surface area contributed by atoms with Crippen LogP contribution >= 0.6 is 0 Å². The van der Waals surface area contributed by atoms with Gasteiger partial charge in [0.05, 0.1) is 7.11 Å². The lowest BCUT2D eigenvalue weighted by Crippen LogP contribution is -2.51. The third-order valence-corrected chi connectivity index (χ3v) is 4.94. The summed E-state index contributed by atoms with van der Waals surface area (Å²) in [6, 6.07) is 5.10. The van der Waals surface area contributed by atoms with E-state index in [1.54, 1.807) is 7.11 Å². The van der Waals surface area contributed by atoms with Crippen LogP contribution in [0.5, 0.6) is 5.75 Å². The van der Waals surface area contributed by atoms with E-state index in [1.807, 2.05) is 0 Å². The number of benzene rings is 1. The molecule has 0 spiro atoms. The third kappa shape index (κ3) is 3.65. The van der Waals surface area contributed by atoms with Gasteiger partial charge in [0.2, 0.25) is 0 Å². The van der Waals surface area contributed by atoms with E-state index in [0.29, 0.717) is 12.0 Å². The summed E-state index contributed by atoms with van der Waals surface area (Å²) in [7, 11) is 1.78. The molecule has 1 aliphatic rings. The standard InChI is InChI=1S/C20H34N2O/c1-8-9-21-13-16-10-17-15(4)12-20(5,6)22(14(2)3)18(17)11-19(16)23-7/h10-11,14-15,21H,8-9,12-13H2,1-7H3/t15-/m1/s1. The molecule has 1 atom stereocenters. The van der Waals surface area contributed by atoms with Gasteiger partial charge >= 0.3 is 0 Å². The minimum Gasteiger partial charge on any atom is -0.496 e. The first kappa shape index (κ1) is 18.1. The predicted molar refractivity (Wildman–Crippen MR) is 99.7 cm³/mol. The maximum Gasteiger partial charge on any atom is 0.125 e. The number of rotatable bonds is 6.